The summed E-state index contributed by atoms with van der Waals surface area (Å²) in [7, 11) is 1.80. The molecule has 1 aliphatic carbocycles. The Balaban J connectivity index is 1.33. The molecule has 26 heavy (non-hydrogen) atoms. The van der Waals surface area contributed by atoms with E-state index in [1.165, 1.54) is 6.42 Å². The maximum Gasteiger partial charge on any atom is 0.191 e. The van der Waals surface area contributed by atoms with Gasteiger partial charge in [-0.3, -0.25) is 4.99 Å². The summed E-state index contributed by atoms with van der Waals surface area (Å²) in [4.78, 5) is 8.64. The fraction of sp³-hybridized carbons (Fsp3) is 0.526. The van der Waals surface area contributed by atoms with E-state index in [1.54, 1.807) is 13.4 Å². The molecule has 1 aromatic carbocycles. The number of nitrogens with zero attached hydrogens (tertiary/aromatic N) is 4. The van der Waals surface area contributed by atoms with Crippen molar-refractivity contribution in [2.45, 2.75) is 57.3 Å². The standard InChI is InChI=1S/C19H26N6O/c1-20-19(24-15-9-10-18-22-13-23-25(18)12-15)21-11-14-5-2-3-8-17(14)26-16-6-4-7-16/h2-3,5,8,13,15-16H,4,6-7,9-12H2,1H3,(H2,20,21,24). The molecule has 7 heteroatoms. The molecule has 2 aliphatic rings. The zero-order chi connectivity index (χ0) is 17.8. The number of benzene rings is 1. The second-order valence-corrected chi connectivity index (χ2v) is 6.94. The number of fused-ring (bicyclic) bond motifs is 1. The van der Waals surface area contributed by atoms with E-state index in [0.717, 1.165) is 55.3 Å². The number of para-hydroxylation sites is 1. The Bertz CT molecular complexity index is 767. The van der Waals surface area contributed by atoms with Gasteiger partial charge >= 0.3 is 0 Å². The van der Waals surface area contributed by atoms with E-state index in [2.05, 4.69) is 37.8 Å². The van der Waals surface area contributed by atoms with Gasteiger partial charge < -0.3 is 15.4 Å². The first-order valence-corrected chi connectivity index (χ1v) is 9.40. The third-order valence-corrected chi connectivity index (χ3v) is 5.13. The Hall–Kier alpha value is -2.57. The second kappa shape index (κ2) is 7.76. The van der Waals surface area contributed by atoms with Crippen LogP contribution in [0.3, 0.4) is 0 Å². The van der Waals surface area contributed by atoms with Crippen LogP contribution < -0.4 is 15.4 Å². The van der Waals surface area contributed by atoms with E-state index < -0.39 is 0 Å². The molecule has 7 nitrogen and oxygen atoms in total. The summed E-state index contributed by atoms with van der Waals surface area (Å²) in [5.41, 5.74) is 1.16. The highest BCUT2D eigenvalue weighted by Crippen LogP contribution is 2.27. The Morgan fingerprint density at radius 3 is 3.00 bits per heavy atom. The van der Waals surface area contributed by atoms with Gasteiger partial charge in [0.15, 0.2) is 5.96 Å². The number of aromatic nitrogens is 3. The quantitative estimate of drug-likeness (QED) is 0.633. The van der Waals surface area contributed by atoms with E-state index >= 15 is 0 Å². The fourth-order valence-electron chi connectivity index (χ4n) is 3.36. The summed E-state index contributed by atoms with van der Waals surface area (Å²) >= 11 is 0. The van der Waals surface area contributed by atoms with Gasteiger partial charge in [-0.2, -0.15) is 5.10 Å². The van der Waals surface area contributed by atoms with Crippen LogP contribution in [0.25, 0.3) is 0 Å². The van der Waals surface area contributed by atoms with Gasteiger partial charge in [0.1, 0.15) is 17.9 Å². The molecule has 2 heterocycles. The molecule has 0 radical (unpaired) electrons. The summed E-state index contributed by atoms with van der Waals surface area (Å²) in [5, 5.41) is 11.2. The lowest BCUT2D eigenvalue weighted by Crippen LogP contribution is -2.46. The number of ether oxygens (including phenoxy) is 1. The highest BCUT2D eigenvalue weighted by atomic mass is 16.5. The number of guanidine groups is 1. The van der Waals surface area contributed by atoms with Crippen LogP contribution in [0.2, 0.25) is 0 Å². The Morgan fingerprint density at radius 1 is 1.31 bits per heavy atom. The lowest BCUT2D eigenvalue weighted by Gasteiger charge is -2.28. The summed E-state index contributed by atoms with van der Waals surface area (Å²) in [5.74, 6) is 2.84. The van der Waals surface area contributed by atoms with Gasteiger partial charge in [-0.1, -0.05) is 18.2 Å². The monoisotopic (exact) mass is 354 g/mol. The van der Waals surface area contributed by atoms with Crippen LogP contribution in [0.1, 0.15) is 37.1 Å². The van der Waals surface area contributed by atoms with Gasteiger partial charge in [0.05, 0.1) is 12.6 Å². The average Bonchev–Trinajstić information content (AvgIpc) is 3.10. The highest BCUT2D eigenvalue weighted by Gasteiger charge is 2.22. The minimum atomic E-state index is 0.303. The second-order valence-electron chi connectivity index (χ2n) is 6.94. The molecule has 0 amide bonds. The molecule has 2 aromatic rings. The van der Waals surface area contributed by atoms with Crippen LogP contribution in [0.15, 0.2) is 35.6 Å². The molecule has 1 aliphatic heterocycles. The number of hydrogen-bond acceptors (Lipinski definition) is 4. The normalized spacial score (nSPS) is 20.2. The van der Waals surface area contributed by atoms with E-state index in [-0.39, 0.29) is 0 Å². The minimum Gasteiger partial charge on any atom is -0.490 e. The Labute approximate surface area is 153 Å². The predicted octanol–water partition coefficient (Wildman–Crippen LogP) is 1.89. The highest BCUT2D eigenvalue weighted by molar-refractivity contribution is 5.80. The van der Waals surface area contributed by atoms with Crippen LogP contribution in [0.4, 0.5) is 0 Å². The van der Waals surface area contributed by atoms with E-state index in [4.69, 9.17) is 4.74 Å². The molecular formula is C19H26N6O. The molecule has 1 saturated carbocycles. The van der Waals surface area contributed by atoms with Crippen molar-refractivity contribution in [3.05, 3.63) is 42.0 Å². The summed E-state index contributed by atoms with van der Waals surface area (Å²) in [6.07, 6.45) is 7.58. The summed E-state index contributed by atoms with van der Waals surface area (Å²) in [6.45, 7) is 1.50. The molecule has 1 aromatic heterocycles. The van der Waals surface area contributed by atoms with Crippen molar-refractivity contribution in [1.29, 1.82) is 0 Å². The SMILES string of the molecule is CN=C(NCc1ccccc1OC1CCC1)NC1CCc2ncnn2C1. The minimum absolute atomic E-state index is 0.303. The smallest absolute Gasteiger partial charge is 0.191 e. The summed E-state index contributed by atoms with van der Waals surface area (Å²) < 4.78 is 8.08. The lowest BCUT2D eigenvalue weighted by molar-refractivity contribution is 0.119. The maximum atomic E-state index is 6.11. The number of rotatable bonds is 5. The van der Waals surface area contributed by atoms with Gasteiger partial charge in [0.2, 0.25) is 0 Å². The average molecular weight is 354 g/mol. The molecule has 1 atom stereocenters. The van der Waals surface area contributed by atoms with Crippen molar-refractivity contribution in [1.82, 2.24) is 25.4 Å². The molecule has 0 saturated heterocycles. The Morgan fingerprint density at radius 2 is 2.19 bits per heavy atom. The van der Waals surface area contributed by atoms with Crippen molar-refractivity contribution in [2.24, 2.45) is 4.99 Å². The van der Waals surface area contributed by atoms with Gasteiger partial charge in [0, 0.05) is 31.6 Å². The molecule has 4 rings (SSSR count). The molecule has 1 fully saturated rings. The molecule has 0 spiro atoms. The molecular weight excluding hydrogens is 328 g/mol. The zero-order valence-corrected chi connectivity index (χ0v) is 15.2. The van der Waals surface area contributed by atoms with E-state index in [9.17, 15) is 0 Å². The molecule has 2 N–H and O–H groups in total. The molecule has 138 valence electrons. The van der Waals surface area contributed by atoms with Crippen LogP contribution in [0, 0.1) is 0 Å². The van der Waals surface area contributed by atoms with Crippen molar-refractivity contribution in [3.63, 3.8) is 0 Å². The van der Waals surface area contributed by atoms with Gasteiger partial charge in [-0.05, 0) is 31.7 Å². The number of aliphatic imine (C=N–C) groups is 1. The van der Waals surface area contributed by atoms with Gasteiger partial charge in [-0.25, -0.2) is 9.67 Å². The largest absolute Gasteiger partial charge is 0.490 e. The third-order valence-electron chi connectivity index (χ3n) is 5.13. The predicted molar refractivity (Wildman–Crippen MR) is 100 cm³/mol. The molecule has 0 bridgehead atoms. The number of nitrogens with one attached hydrogen (secondary N) is 2. The Kier molecular flexibility index (Phi) is 5.04. The van der Waals surface area contributed by atoms with Crippen LogP contribution in [-0.2, 0) is 19.5 Å². The van der Waals surface area contributed by atoms with Crippen LogP contribution in [0.5, 0.6) is 5.75 Å². The molecule has 1 unspecified atom stereocenters. The van der Waals surface area contributed by atoms with E-state index in [1.807, 2.05) is 16.8 Å². The fourth-order valence-corrected chi connectivity index (χ4v) is 3.36. The maximum absolute atomic E-state index is 6.11. The van der Waals surface area contributed by atoms with Crippen molar-refractivity contribution in [2.75, 3.05) is 7.05 Å². The van der Waals surface area contributed by atoms with Gasteiger partial charge in [0.25, 0.3) is 0 Å². The first kappa shape index (κ1) is 16.9. The zero-order valence-electron chi connectivity index (χ0n) is 15.2. The topological polar surface area (TPSA) is 76.4 Å². The lowest BCUT2D eigenvalue weighted by atomic mass is 9.96. The van der Waals surface area contributed by atoms with E-state index in [0.29, 0.717) is 18.7 Å². The number of hydrogen-bond donors (Lipinski definition) is 2. The van der Waals surface area contributed by atoms with Crippen molar-refractivity contribution < 1.29 is 4.74 Å². The van der Waals surface area contributed by atoms with Crippen LogP contribution >= 0.6 is 0 Å². The first-order chi connectivity index (χ1) is 12.8. The first-order valence-electron chi connectivity index (χ1n) is 9.40. The third kappa shape index (κ3) is 3.81. The van der Waals surface area contributed by atoms with Crippen LogP contribution in [-0.4, -0.2) is 39.9 Å². The van der Waals surface area contributed by atoms with Crippen molar-refractivity contribution >= 4 is 5.96 Å². The van der Waals surface area contributed by atoms with Gasteiger partial charge in [-0.15, -0.1) is 0 Å². The number of aryl methyl sites for hydroxylation is 1. The summed E-state index contributed by atoms with van der Waals surface area (Å²) in [6, 6.07) is 8.54. The van der Waals surface area contributed by atoms with Crippen molar-refractivity contribution in [3.8, 4) is 5.75 Å².